The summed E-state index contributed by atoms with van der Waals surface area (Å²) in [6, 6.07) is 5.60. The van der Waals surface area contributed by atoms with Crippen LogP contribution >= 0.6 is 22.9 Å². The molecule has 0 aliphatic carbocycles. The zero-order valence-electron chi connectivity index (χ0n) is 11.6. The molecule has 1 N–H and O–H groups in total. The summed E-state index contributed by atoms with van der Waals surface area (Å²) in [7, 11) is 0. The fourth-order valence-corrected chi connectivity index (χ4v) is 4.15. The van der Waals surface area contributed by atoms with Crippen LogP contribution in [0.15, 0.2) is 28.1 Å². The molecule has 2 atom stereocenters. The molecule has 7 heteroatoms. The quantitative estimate of drug-likeness (QED) is 0.781. The van der Waals surface area contributed by atoms with Crippen molar-refractivity contribution in [2.24, 2.45) is 0 Å². The average molecular weight is 333 g/mol. The first-order valence-corrected chi connectivity index (χ1v) is 8.53. The molecule has 22 heavy (non-hydrogen) atoms. The number of piperidine rings is 1. The highest BCUT2D eigenvalue weighted by molar-refractivity contribution is 7.13. The minimum atomic E-state index is 0.558. The van der Waals surface area contributed by atoms with Crippen molar-refractivity contribution in [3.63, 3.8) is 0 Å². The van der Waals surface area contributed by atoms with Crippen LogP contribution in [0.2, 0.25) is 5.02 Å². The second kappa shape index (κ2) is 4.68. The van der Waals surface area contributed by atoms with Crippen LogP contribution < -0.4 is 10.2 Å². The third kappa shape index (κ3) is 1.87. The molecule has 3 aliphatic rings. The molecule has 2 aromatic heterocycles. The number of nitrogens with zero attached hydrogens (tertiary/aromatic N) is 3. The standard InChI is InChI=1S/C15H13ClN4OS/c16-11-2-1-10(14-17-3-4-22-14)13-12(11)19-15(21-13)20-6-8-5-9(7-20)18-8/h1-4,8-9,18H,5-7H2. The van der Waals surface area contributed by atoms with E-state index in [1.165, 1.54) is 6.42 Å². The number of hydrogen-bond donors (Lipinski definition) is 1. The Kier molecular flexibility index (Phi) is 2.74. The molecule has 6 rings (SSSR count). The van der Waals surface area contributed by atoms with Gasteiger partial charge in [-0.3, -0.25) is 0 Å². The van der Waals surface area contributed by atoms with Gasteiger partial charge in [-0.1, -0.05) is 11.6 Å². The number of aromatic nitrogens is 2. The zero-order valence-corrected chi connectivity index (χ0v) is 13.2. The Morgan fingerprint density at radius 1 is 1.32 bits per heavy atom. The summed E-state index contributed by atoms with van der Waals surface area (Å²) >= 11 is 7.89. The van der Waals surface area contributed by atoms with Crippen LogP contribution in [0.1, 0.15) is 6.42 Å². The van der Waals surface area contributed by atoms with Crippen molar-refractivity contribution >= 4 is 40.1 Å². The number of rotatable bonds is 2. The van der Waals surface area contributed by atoms with Crippen molar-refractivity contribution in [3.05, 3.63) is 28.7 Å². The molecule has 0 spiro atoms. The smallest absolute Gasteiger partial charge is 0.298 e. The van der Waals surface area contributed by atoms with E-state index in [2.05, 4.69) is 20.2 Å². The molecule has 0 amide bonds. The molecular formula is C15H13ClN4OS. The summed E-state index contributed by atoms with van der Waals surface area (Å²) in [5.74, 6) is 0. The molecular weight excluding hydrogens is 320 g/mol. The molecule has 3 fully saturated rings. The number of fused-ring (bicyclic) bond motifs is 3. The summed E-state index contributed by atoms with van der Waals surface area (Å²) in [5, 5.41) is 7.01. The van der Waals surface area contributed by atoms with Gasteiger partial charge >= 0.3 is 0 Å². The van der Waals surface area contributed by atoms with Gasteiger partial charge in [0.15, 0.2) is 5.58 Å². The number of piperazine rings is 1. The van der Waals surface area contributed by atoms with Gasteiger partial charge in [-0.05, 0) is 18.6 Å². The molecule has 112 valence electrons. The highest BCUT2D eigenvalue weighted by Gasteiger charge is 2.38. The topological polar surface area (TPSA) is 54.2 Å². The second-order valence-electron chi connectivity index (χ2n) is 5.81. The van der Waals surface area contributed by atoms with E-state index in [4.69, 9.17) is 16.0 Å². The highest BCUT2D eigenvalue weighted by Crippen LogP contribution is 2.37. The van der Waals surface area contributed by atoms with Gasteiger partial charge < -0.3 is 14.6 Å². The van der Waals surface area contributed by atoms with Gasteiger partial charge in [0.1, 0.15) is 10.5 Å². The minimum absolute atomic E-state index is 0.558. The number of oxazole rings is 1. The van der Waals surface area contributed by atoms with Crippen molar-refractivity contribution in [1.29, 1.82) is 0 Å². The van der Waals surface area contributed by atoms with E-state index in [-0.39, 0.29) is 0 Å². The first-order valence-electron chi connectivity index (χ1n) is 7.28. The van der Waals surface area contributed by atoms with Crippen molar-refractivity contribution in [2.75, 3.05) is 18.0 Å². The van der Waals surface area contributed by atoms with Gasteiger partial charge in [0, 0.05) is 36.8 Å². The van der Waals surface area contributed by atoms with Crippen LogP contribution in [-0.2, 0) is 0 Å². The number of thiazole rings is 1. The summed E-state index contributed by atoms with van der Waals surface area (Å²) in [5.41, 5.74) is 2.40. The predicted molar refractivity (Wildman–Crippen MR) is 87.7 cm³/mol. The summed E-state index contributed by atoms with van der Waals surface area (Å²) < 4.78 is 6.08. The third-order valence-electron chi connectivity index (χ3n) is 4.34. The number of anilines is 1. The molecule has 1 aromatic carbocycles. The Labute approximate surface area is 135 Å². The number of benzene rings is 1. The molecule has 3 aromatic rings. The first kappa shape index (κ1) is 12.9. The maximum absolute atomic E-state index is 6.31. The Balaban J connectivity index is 1.63. The van der Waals surface area contributed by atoms with Crippen LogP contribution in [-0.4, -0.2) is 35.1 Å². The summed E-state index contributed by atoms with van der Waals surface area (Å²) in [6.45, 7) is 1.88. The Bertz CT molecular complexity index is 831. The molecule has 3 aliphatic heterocycles. The van der Waals surface area contributed by atoms with E-state index in [1.54, 1.807) is 17.5 Å². The van der Waals surface area contributed by atoms with Crippen molar-refractivity contribution in [3.8, 4) is 10.6 Å². The summed E-state index contributed by atoms with van der Waals surface area (Å²) in [6.07, 6.45) is 3.05. The lowest BCUT2D eigenvalue weighted by Gasteiger charge is -2.47. The Hall–Kier alpha value is -1.63. The molecule has 2 unspecified atom stereocenters. The molecule has 2 bridgehead atoms. The van der Waals surface area contributed by atoms with Crippen molar-refractivity contribution < 1.29 is 4.42 Å². The summed E-state index contributed by atoms with van der Waals surface area (Å²) in [4.78, 5) is 11.2. The zero-order chi connectivity index (χ0) is 14.7. The minimum Gasteiger partial charge on any atom is -0.423 e. The van der Waals surface area contributed by atoms with Crippen LogP contribution in [0.25, 0.3) is 21.7 Å². The fourth-order valence-electron chi connectivity index (χ4n) is 3.29. The van der Waals surface area contributed by atoms with Crippen LogP contribution in [0.3, 0.4) is 0 Å². The van der Waals surface area contributed by atoms with E-state index in [9.17, 15) is 0 Å². The maximum Gasteiger partial charge on any atom is 0.298 e. The van der Waals surface area contributed by atoms with E-state index in [0.29, 0.717) is 23.1 Å². The van der Waals surface area contributed by atoms with E-state index < -0.39 is 0 Å². The highest BCUT2D eigenvalue weighted by atomic mass is 35.5. The predicted octanol–water partition coefficient (Wildman–Crippen LogP) is 3.16. The van der Waals surface area contributed by atoms with Gasteiger partial charge in [-0.25, -0.2) is 4.98 Å². The Morgan fingerprint density at radius 2 is 2.14 bits per heavy atom. The normalized spacial score (nSPS) is 23.8. The van der Waals surface area contributed by atoms with Gasteiger partial charge in [0.25, 0.3) is 6.01 Å². The SMILES string of the molecule is Clc1ccc(-c2nccs2)c2oc(N3CC4CC(C3)N4)nc12. The molecule has 5 heterocycles. The van der Waals surface area contributed by atoms with Gasteiger partial charge in [0.05, 0.1) is 10.6 Å². The second-order valence-corrected chi connectivity index (χ2v) is 7.11. The van der Waals surface area contributed by atoms with Gasteiger partial charge in [-0.2, -0.15) is 4.98 Å². The lowest BCUT2D eigenvalue weighted by molar-refractivity contribution is 0.220. The third-order valence-corrected chi connectivity index (χ3v) is 5.45. The molecule has 0 radical (unpaired) electrons. The number of hydrogen-bond acceptors (Lipinski definition) is 6. The maximum atomic E-state index is 6.31. The Morgan fingerprint density at radius 3 is 2.86 bits per heavy atom. The lowest BCUT2D eigenvalue weighted by Crippen LogP contribution is -2.67. The largest absolute Gasteiger partial charge is 0.423 e. The van der Waals surface area contributed by atoms with Gasteiger partial charge in [-0.15, -0.1) is 11.3 Å². The van der Waals surface area contributed by atoms with Crippen LogP contribution in [0.5, 0.6) is 0 Å². The van der Waals surface area contributed by atoms with Crippen molar-refractivity contribution in [2.45, 2.75) is 18.5 Å². The number of halogens is 1. The van der Waals surface area contributed by atoms with Crippen LogP contribution in [0, 0.1) is 0 Å². The molecule has 5 nitrogen and oxygen atoms in total. The monoisotopic (exact) mass is 332 g/mol. The molecule has 3 saturated heterocycles. The fraction of sp³-hybridized carbons (Fsp3) is 0.333. The van der Waals surface area contributed by atoms with Crippen molar-refractivity contribution in [1.82, 2.24) is 15.3 Å². The first-order chi connectivity index (χ1) is 10.8. The van der Waals surface area contributed by atoms with E-state index in [0.717, 1.165) is 34.8 Å². The van der Waals surface area contributed by atoms with E-state index in [1.807, 2.05) is 17.5 Å². The lowest BCUT2D eigenvalue weighted by atomic mass is 9.92. The average Bonchev–Trinajstić information content (AvgIpc) is 3.17. The molecule has 0 saturated carbocycles. The number of nitrogens with one attached hydrogen (secondary N) is 1. The van der Waals surface area contributed by atoms with Crippen LogP contribution in [0.4, 0.5) is 6.01 Å². The van der Waals surface area contributed by atoms with E-state index >= 15 is 0 Å². The van der Waals surface area contributed by atoms with Gasteiger partial charge in [0.2, 0.25) is 0 Å².